The average Bonchev–Trinajstić information content (AvgIpc) is 3.41. The molecule has 1 aliphatic heterocycles. The molecule has 0 N–H and O–H groups in total. The summed E-state index contributed by atoms with van der Waals surface area (Å²) < 4.78 is 7.91. The molecule has 1 atom stereocenters. The monoisotopic (exact) mass is 435 g/mol. The summed E-state index contributed by atoms with van der Waals surface area (Å²) in [6.45, 7) is 7.95. The Balaban J connectivity index is 1.73. The van der Waals surface area contributed by atoms with Crippen LogP contribution < -0.4 is 0 Å². The molecule has 5 rings (SSSR count). The van der Waals surface area contributed by atoms with E-state index in [1.165, 1.54) is 39.7 Å². The highest BCUT2D eigenvalue weighted by Gasteiger charge is 2.49. The molecule has 3 nitrogen and oxygen atoms in total. The van der Waals surface area contributed by atoms with Crippen LogP contribution in [0.25, 0.3) is 16.8 Å². The van der Waals surface area contributed by atoms with Crippen molar-refractivity contribution in [3.8, 4) is 0 Å². The number of nitrogens with zero attached hydrogens (tertiary/aromatic N) is 2. The average molecular weight is 436 g/mol. The van der Waals surface area contributed by atoms with Crippen molar-refractivity contribution in [3.63, 3.8) is 0 Å². The second kappa shape index (κ2) is 8.82. The van der Waals surface area contributed by atoms with Gasteiger partial charge in [0.05, 0.1) is 11.1 Å². The Bertz CT molecular complexity index is 1320. The smallest absolute Gasteiger partial charge is 0.210 e. The molecule has 0 fully saturated rings. The van der Waals surface area contributed by atoms with Crippen LogP contribution in [0.4, 0.5) is 5.69 Å². The minimum atomic E-state index is -0.227. The SMILES string of the molecule is CC(C)CC[N+]1=C(C=Cc2ccccc2)C(C)(Cc2cocn2)c2c1ccc1ccccc21. The number of aromatic nitrogens is 1. The predicted molar refractivity (Wildman–Crippen MR) is 136 cm³/mol. The lowest BCUT2D eigenvalue weighted by molar-refractivity contribution is -0.439. The van der Waals surface area contributed by atoms with Crippen LogP contribution in [0.2, 0.25) is 0 Å². The first-order chi connectivity index (χ1) is 16.1. The molecule has 0 bridgehead atoms. The molecule has 1 aromatic heterocycles. The third-order valence-corrected chi connectivity index (χ3v) is 6.79. The lowest BCUT2D eigenvalue weighted by Crippen LogP contribution is -2.34. The summed E-state index contributed by atoms with van der Waals surface area (Å²) in [5.41, 5.74) is 5.98. The third-order valence-electron chi connectivity index (χ3n) is 6.79. The first-order valence-corrected chi connectivity index (χ1v) is 11.8. The minimum Gasteiger partial charge on any atom is -0.451 e. The molecule has 1 unspecified atom stereocenters. The lowest BCUT2D eigenvalue weighted by atomic mass is 9.74. The van der Waals surface area contributed by atoms with Gasteiger partial charge in [0, 0.05) is 30.5 Å². The van der Waals surface area contributed by atoms with Crippen molar-refractivity contribution in [1.82, 2.24) is 4.98 Å². The van der Waals surface area contributed by atoms with Gasteiger partial charge in [-0.1, -0.05) is 68.4 Å². The molecule has 3 aromatic carbocycles. The van der Waals surface area contributed by atoms with Gasteiger partial charge in [-0.05, 0) is 41.3 Å². The number of fused-ring (bicyclic) bond motifs is 3. The summed E-state index contributed by atoms with van der Waals surface area (Å²) in [5, 5.41) is 2.60. The van der Waals surface area contributed by atoms with Gasteiger partial charge in [-0.15, -0.1) is 0 Å². The quantitative estimate of drug-likeness (QED) is 0.288. The highest BCUT2D eigenvalue weighted by Crippen LogP contribution is 2.46. The lowest BCUT2D eigenvalue weighted by Gasteiger charge is -2.22. The van der Waals surface area contributed by atoms with Crippen molar-refractivity contribution in [2.75, 3.05) is 6.54 Å². The molecule has 0 saturated carbocycles. The zero-order valence-electron chi connectivity index (χ0n) is 19.7. The van der Waals surface area contributed by atoms with Crippen LogP contribution in [0, 0.1) is 5.92 Å². The van der Waals surface area contributed by atoms with Gasteiger partial charge in [0.15, 0.2) is 12.1 Å². The van der Waals surface area contributed by atoms with Crippen LogP contribution in [-0.4, -0.2) is 21.8 Å². The number of oxazole rings is 1. The molecule has 4 aromatic rings. The first-order valence-electron chi connectivity index (χ1n) is 11.8. The summed E-state index contributed by atoms with van der Waals surface area (Å²) in [6.07, 6.45) is 9.81. The maximum Gasteiger partial charge on any atom is 0.210 e. The molecule has 0 amide bonds. The van der Waals surface area contributed by atoms with Crippen molar-refractivity contribution in [1.29, 1.82) is 0 Å². The van der Waals surface area contributed by atoms with E-state index >= 15 is 0 Å². The third kappa shape index (κ3) is 4.04. The Morgan fingerprint density at radius 3 is 2.52 bits per heavy atom. The first kappa shape index (κ1) is 21.4. The Morgan fingerprint density at radius 1 is 0.970 bits per heavy atom. The number of hydrogen-bond donors (Lipinski definition) is 0. The second-order valence-electron chi connectivity index (χ2n) is 9.63. The number of hydrogen-bond acceptors (Lipinski definition) is 2. The highest BCUT2D eigenvalue weighted by molar-refractivity contribution is 6.09. The largest absolute Gasteiger partial charge is 0.451 e. The fourth-order valence-corrected chi connectivity index (χ4v) is 5.13. The molecule has 166 valence electrons. The molecule has 33 heavy (non-hydrogen) atoms. The van der Waals surface area contributed by atoms with Gasteiger partial charge in [-0.3, -0.25) is 0 Å². The number of allylic oxidation sites excluding steroid dienone is 1. The van der Waals surface area contributed by atoms with E-state index in [2.05, 4.69) is 109 Å². The van der Waals surface area contributed by atoms with Crippen molar-refractivity contribution >= 4 is 28.2 Å². The zero-order valence-corrected chi connectivity index (χ0v) is 19.7. The van der Waals surface area contributed by atoms with Crippen molar-refractivity contribution in [3.05, 3.63) is 102 Å². The molecule has 0 spiro atoms. The van der Waals surface area contributed by atoms with Crippen LogP contribution in [0.15, 0.2) is 89.9 Å². The van der Waals surface area contributed by atoms with Crippen LogP contribution in [-0.2, 0) is 11.8 Å². The van der Waals surface area contributed by atoms with Crippen molar-refractivity contribution in [2.24, 2.45) is 5.92 Å². The molecule has 2 heterocycles. The Morgan fingerprint density at radius 2 is 1.76 bits per heavy atom. The van der Waals surface area contributed by atoms with Crippen LogP contribution in [0.3, 0.4) is 0 Å². The number of benzene rings is 3. The van der Waals surface area contributed by atoms with E-state index < -0.39 is 0 Å². The topological polar surface area (TPSA) is 29.0 Å². The Hall–Kier alpha value is -3.46. The second-order valence-corrected chi connectivity index (χ2v) is 9.63. The molecule has 3 heteroatoms. The summed E-state index contributed by atoms with van der Waals surface area (Å²) >= 11 is 0. The van der Waals surface area contributed by atoms with Gasteiger partial charge in [0.2, 0.25) is 5.69 Å². The Labute approximate surface area is 196 Å². The van der Waals surface area contributed by atoms with Crippen molar-refractivity contribution in [2.45, 2.75) is 39.0 Å². The molecule has 0 aliphatic carbocycles. The molecule has 0 saturated heterocycles. The maximum atomic E-state index is 5.36. The van der Waals surface area contributed by atoms with E-state index in [4.69, 9.17) is 4.42 Å². The summed E-state index contributed by atoms with van der Waals surface area (Å²) in [7, 11) is 0. The van der Waals surface area contributed by atoms with Crippen LogP contribution >= 0.6 is 0 Å². The Kier molecular flexibility index (Phi) is 5.72. The van der Waals surface area contributed by atoms with Gasteiger partial charge in [-0.2, -0.15) is 4.58 Å². The van der Waals surface area contributed by atoms with Gasteiger partial charge in [0.1, 0.15) is 12.8 Å². The molecule has 1 aliphatic rings. The molecular weight excluding hydrogens is 404 g/mol. The number of rotatable bonds is 7. The van der Waals surface area contributed by atoms with Gasteiger partial charge in [0.25, 0.3) is 0 Å². The van der Waals surface area contributed by atoms with E-state index in [-0.39, 0.29) is 5.41 Å². The molecule has 0 radical (unpaired) electrons. The van der Waals surface area contributed by atoms with Crippen LogP contribution in [0.1, 0.15) is 44.0 Å². The van der Waals surface area contributed by atoms with E-state index in [1.54, 1.807) is 6.26 Å². The predicted octanol–water partition coefficient (Wildman–Crippen LogP) is 7.19. The van der Waals surface area contributed by atoms with Gasteiger partial charge in [-0.25, -0.2) is 4.98 Å². The van der Waals surface area contributed by atoms with E-state index in [1.807, 2.05) is 0 Å². The van der Waals surface area contributed by atoms with Gasteiger partial charge >= 0.3 is 0 Å². The van der Waals surface area contributed by atoms with E-state index in [9.17, 15) is 0 Å². The van der Waals surface area contributed by atoms with E-state index in [0.717, 1.165) is 25.1 Å². The van der Waals surface area contributed by atoms with Gasteiger partial charge < -0.3 is 4.42 Å². The van der Waals surface area contributed by atoms with Crippen molar-refractivity contribution < 1.29 is 8.99 Å². The maximum absolute atomic E-state index is 5.36. The fourth-order valence-electron chi connectivity index (χ4n) is 5.13. The normalized spacial score (nSPS) is 18.1. The summed E-state index contributed by atoms with van der Waals surface area (Å²) in [6, 6.07) is 23.9. The minimum absolute atomic E-state index is 0.227. The molecular formula is C30H31N2O+. The zero-order chi connectivity index (χ0) is 22.8. The summed E-state index contributed by atoms with van der Waals surface area (Å²) in [5.74, 6) is 0.635. The van der Waals surface area contributed by atoms with Crippen LogP contribution in [0.5, 0.6) is 0 Å². The fraction of sp³-hybridized carbons (Fsp3) is 0.267. The van der Waals surface area contributed by atoms with E-state index in [0.29, 0.717) is 5.92 Å². The summed E-state index contributed by atoms with van der Waals surface area (Å²) in [4.78, 5) is 4.51. The standard InChI is InChI=1S/C30H31N2O/c1-22(2)17-18-32-27-15-14-24-11-7-8-12-26(24)29(27)30(3,19-25-20-33-21-31-25)28(32)16-13-23-9-5-4-6-10-23/h4-16,20-22H,17-19H2,1-3H3/q+1. The highest BCUT2D eigenvalue weighted by atomic mass is 16.3.